The molecule has 1 atom stereocenters. The highest BCUT2D eigenvalue weighted by Gasteiger charge is 2.83. The molecule has 3 N–H and O–H groups in total. The summed E-state index contributed by atoms with van der Waals surface area (Å²) in [5, 5.41) is 8.12. The van der Waals surface area contributed by atoms with E-state index in [2.05, 4.69) is 5.73 Å². The number of carbonyl (C=O) groups is 1. The molecule has 0 amide bonds. The van der Waals surface area contributed by atoms with Gasteiger partial charge in [-0.3, -0.25) is 4.79 Å². The summed E-state index contributed by atoms with van der Waals surface area (Å²) >= 11 is 0. The number of aliphatic carboxylic acids is 1. The fraction of sp³-hybridized carbons (Fsp3) is 0.857. The Morgan fingerprint density at radius 2 is 1.16 bits per heavy atom. The molecular weight excluding hydrogens is 301 g/mol. The third-order valence-electron chi connectivity index (χ3n) is 2.30. The first-order valence-electron chi connectivity index (χ1n) is 4.26. The summed E-state index contributed by atoms with van der Waals surface area (Å²) in [5.74, 6) is -2.41. The molecule has 0 radical (unpaired) electrons. The molecule has 0 aliphatic carbocycles. The normalized spacial score (nSPS) is 16.3. The fourth-order valence-corrected chi connectivity index (χ4v) is 1.25. The molecule has 0 heterocycles. The van der Waals surface area contributed by atoms with E-state index in [4.69, 9.17) is 5.11 Å². The van der Waals surface area contributed by atoms with Gasteiger partial charge in [-0.25, -0.2) is 0 Å². The summed E-state index contributed by atoms with van der Waals surface area (Å²) in [5.41, 5.74) is -1.80. The smallest absolute Gasteiger partial charge is 0.412 e. The molecule has 0 fully saturated rings. The largest absolute Gasteiger partial charge is 0.480 e. The van der Waals surface area contributed by atoms with Gasteiger partial charge in [0.15, 0.2) is 0 Å². The Balaban J connectivity index is 6.04. The number of halogens is 9. The number of hydrogen-bond acceptors (Lipinski definition) is 2. The summed E-state index contributed by atoms with van der Waals surface area (Å²) in [7, 11) is 0. The molecular formula is C7H6F9NO2. The first-order valence-corrected chi connectivity index (χ1v) is 4.26. The lowest BCUT2D eigenvalue weighted by Crippen LogP contribution is -2.62. The van der Waals surface area contributed by atoms with Crippen LogP contribution in [0.5, 0.6) is 0 Å². The van der Waals surface area contributed by atoms with Gasteiger partial charge in [-0.05, 0) is 0 Å². The lowest BCUT2D eigenvalue weighted by atomic mass is 9.79. The van der Waals surface area contributed by atoms with Gasteiger partial charge in [0.25, 0.3) is 5.41 Å². The number of carboxylic acids is 1. The van der Waals surface area contributed by atoms with Crippen LogP contribution < -0.4 is 5.73 Å². The molecule has 0 spiro atoms. The van der Waals surface area contributed by atoms with Crippen LogP contribution in [0.4, 0.5) is 39.5 Å². The Morgan fingerprint density at radius 1 is 0.895 bits per heavy atom. The van der Waals surface area contributed by atoms with Gasteiger partial charge in [-0.2, -0.15) is 39.5 Å². The first-order chi connectivity index (χ1) is 8.08. The highest BCUT2D eigenvalue weighted by molar-refractivity contribution is 5.73. The monoisotopic (exact) mass is 307 g/mol. The van der Waals surface area contributed by atoms with E-state index in [0.29, 0.717) is 0 Å². The zero-order valence-corrected chi connectivity index (χ0v) is 8.62. The SMILES string of the molecule is N[C@@H](CC(C(F)(F)F)(C(F)(F)F)C(F)(F)F)C(=O)O. The van der Waals surface area contributed by atoms with E-state index >= 15 is 0 Å². The molecule has 0 saturated carbocycles. The number of carboxylic acid groups (broad SMARTS) is 1. The maximum Gasteiger partial charge on any atom is 0.412 e. The van der Waals surface area contributed by atoms with Crippen LogP contribution in [0, 0.1) is 5.41 Å². The molecule has 0 aromatic carbocycles. The van der Waals surface area contributed by atoms with Gasteiger partial charge >= 0.3 is 24.5 Å². The van der Waals surface area contributed by atoms with E-state index in [1.54, 1.807) is 0 Å². The first kappa shape index (κ1) is 17.8. The van der Waals surface area contributed by atoms with Crippen molar-refractivity contribution in [2.75, 3.05) is 0 Å². The van der Waals surface area contributed by atoms with E-state index in [1.807, 2.05) is 0 Å². The van der Waals surface area contributed by atoms with Crippen molar-refractivity contribution in [1.82, 2.24) is 0 Å². The van der Waals surface area contributed by atoms with Crippen molar-refractivity contribution in [3.63, 3.8) is 0 Å². The highest BCUT2D eigenvalue weighted by atomic mass is 19.4. The topological polar surface area (TPSA) is 63.3 Å². The van der Waals surface area contributed by atoms with Crippen molar-refractivity contribution in [3.05, 3.63) is 0 Å². The molecule has 0 saturated heterocycles. The minimum Gasteiger partial charge on any atom is -0.480 e. The Labute approximate surface area is 98.7 Å². The Hall–Kier alpha value is -1.20. The van der Waals surface area contributed by atoms with Gasteiger partial charge < -0.3 is 10.8 Å². The molecule has 19 heavy (non-hydrogen) atoms. The second kappa shape index (κ2) is 4.72. The average molecular weight is 307 g/mol. The predicted octanol–water partition coefficient (Wildman–Crippen LogP) is 2.46. The number of rotatable bonds is 3. The van der Waals surface area contributed by atoms with Crippen molar-refractivity contribution in [2.24, 2.45) is 11.1 Å². The lowest BCUT2D eigenvalue weighted by molar-refractivity contribution is -0.429. The zero-order valence-electron chi connectivity index (χ0n) is 8.62. The minimum absolute atomic E-state index is 2.41. The minimum atomic E-state index is -6.80. The molecule has 0 unspecified atom stereocenters. The predicted molar refractivity (Wildman–Crippen MR) is 40.8 cm³/mol. The van der Waals surface area contributed by atoms with E-state index in [0.717, 1.165) is 0 Å². The molecule has 0 bridgehead atoms. The standard InChI is InChI=1S/C7H6F9NO2/c8-5(9,10)4(6(11,12)13,7(14,15)16)1-2(17)3(18)19/h2H,1,17H2,(H,18,19)/t2-/m0/s1. The van der Waals surface area contributed by atoms with Gasteiger partial charge in [-0.1, -0.05) is 0 Å². The Morgan fingerprint density at radius 3 is 1.32 bits per heavy atom. The van der Waals surface area contributed by atoms with Crippen LogP contribution >= 0.6 is 0 Å². The van der Waals surface area contributed by atoms with E-state index in [-0.39, 0.29) is 0 Å². The third kappa shape index (κ3) is 3.04. The Kier molecular flexibility index (Phi) is 4.42. The molecule has 0 aliphatic rings. The van der Waals surface area contributed by atoms with Crippen molar-refractivity contribution >= 4 is 5.97 Å². The molecule has 0 aromatic heterocycles. The van der Waals surface area contributed by atoms with E-state index < -0.39 is 42.4 Å². The van der Waals surface area contributed by atoms with Crippen LogP contribution in [-0.4, -0.2) is 35.6 Å². The van der Waals surface area contributed by atoms with Gasteiger partial charge in [0, 0.05) is 6.42 Å². The lowest BCUT2D eigenvalue weighted by Gasteiger charge is -2.39. The molecule has 3 nitrogen and oxygen atoms in total. The van der Waals surface area contributed by atoms with Crippen molar-refractivity contribution in [3.8, 4) is 0 Å². The summed E-state index contributed by atoms with van der Waals surface area (Å²) in [6.45, 7) is 0. The van der Waals surface area contributed by atoms with Crippen LogP contribution in [0.1, 0.15) is 6.42 Å². The molecule has 0 aromatic rings. The molecule has 0 rings (SSSR count). The van der Waals surface area contributed by atoms with Crippen LogP contribution in [0.3, 0.4) is 0 Å². The quantitative estimate of drug-likeness (QED) is 0.787. The van der Waals surface area contributed by atoms with Crippen LogP contribution in [0.15, 0.2) is 0 Å². The zero-order chi connectivity index (χ0) is 15.9. The maximum atomic E-state index is 12.3. The van der Waals surface area contributed by atoms with Gasteiger partial charge in [0.2, 0.25) is 0 Å². The van der Waals surface area contributed by atoms with Gasteiger partial charge in [0.05, 0.1) is 0 Å². The average Bonchev–Trinajstić information content (AvgIpc) is 2.06. The van der Waals surface area contributed by atoms with Crippen LogP contribution in [-0.2, 0) is 4.79 Å². The second-order valence-corrected chi connectivity index (χ2v) is 3.55. The van der Waals surface area contributed by atoms with Crippen molar-refractivity contribution < 1.29 is 49.4 Å². The van der Waals surface area contributed by atoms with Gasteiger partial charge in [0.1, 0.15) is 6.04 Å². The van der Waals surface area contributed by atoms with Crippen molar-refractivity contribution in [2.45, 2.75) is 31.0 Å². The number of nitrogens with two attached hydrogens (primary N) is 1. The molecule has 12 heteroatoms. The summed E-state index contributed by atoms with van der Waals surface area (Å²) in [6, 6.07) is -2.98. The number of alkyl halides is 9. The summed E-state index contributed by atoms with van der Waals surface area (Å²) in [6.07, 6.45) is -23.3. The second-order valence-electron chi connectivity index (χ2n) is 3.55. The fourth-order valence-electron chi connectivity index (χ4n) is 1.25. The van der Waals surface area contributed by atoms with E-state index in [1.165, 1.54) is 0 Å². The van der Waals surface area contributed by atoms with E-state index in [9.17, 15) is 44.3 Å². The molecule has 0 aliphatic heterocycles. The van der Waals surface area contributed by atoms with Crippen LogP contribution in [0.2, 0.25) is 0 Å². The van der Waals surface area contributed by atoms with Crippen LogP contribution in [0.25, 0.3) is 0 Å². The molecule has 114 valence electrons. The van der Waals surface area contributed by atoms with Crippen molar-refractivity contribution in [1.29, 1.82) is 0 Å². The third-order valence-corrected chi connectivity index (χ3v) is 2.30. The summed E-state index contributed by atoms with van der Waals surface area (Å²) in [4.78, 5) is 10.1. The summed E-state index contributed by atoms with van der Waals surface area (Å²) < 4.78 is 111. The van der Waals surface area contributed by atoms with Gasteiger partial charge in [-0.15, -0.1) is 0 Å². The number of hydrogen-bond donors (Lipinski definition) is 2. The Bertz CT molecular complexity index is 306. The maximum absolute atomic E-state index is 12.3. The highest BCUT2D eigenvalue weighted by Crippen LogP contribution is 2.61.